The summed E-state index contributed by atoms with van der Waals surface area (Å²) in [7, 11) is 2.84. The molecule has 6 heteroatoms. The Balaban J connectivity index is 2.14. The standard InChI is InChI=1S/C17H16BrNO4/c1-19(17(21)23-11-12-6-4-3-5-7-12)15-9-8-13(18)10-14(15)16(20)22-2/h3-10H,11H2,1-2H3. The molecule has 5 nitrogen and oxygen atoms in total. The molecule has 0 radical (unpaired) electrons. The third-order valence-corrected chi connectivity index (χ3v) is 3.70. The second-order valence-electron chi connectivity index (χ2n) is 4.75. The second kappa shape index (κ2) is 7.78. The van der Waals surface area contributed by atoms with E-state index in [9.17, 15) is 9.59 Å². The van der Waals surface area contributed by atoms with Gasteiger partial charge in [-0.05, 0) is 23.8 Å². The molecule has 2 aromatic carbocycles. The molecule has 0 N–H and O–H groups in total. The number of halogens is 1. The largest absolute Gasteiger partial charge is 0.465 e. The smallest absolute Gasteiger partial charge is 0.414 e. The molecule has 0 fully saturated rings. The topological polar surface area (TPSA) is 55.8 Å². The first kappa shape index (κ1) is 17.0. The lowest BCUT2D eigenvalue weighted by Gasteiger charge is -2.19. The van der Waals surface area contributed by atoms with Crippen molar-refractivity contribution in [1.29, 1.82) is 0 Å². The van der Waals surface area contributed by atoms with Crippen LogP contribution in [0.3, 0.4) is 0 Å². The van der Waals surface area contributed by atoms with Crippen LogP contribution in [0.5, 0.6) is 0 Å². The number of ether oxygens (including phenoxy) is 2. The molecule has 120 valence electrons. The summed E-state index contributed by atoms with van der Waals surface area (Å²) in [5.41, 5.74) is 1.58. The van der Waals surface area contributed by atoms with Gasteiger partial charge in [0.1, 0.15) is 6.61 Å². The zero-order valence-electron chi connectivity index (χ0n) is 12.8. The Morgan fingerprint density at radius 3 is 2.48 bits per heavy atom. The molecular weight excluding hydrogens is 362 g/mol. The molecule has 0 spiro atoms. The summed E-state index contributed by atoms with van der Waals surface area (Å²) < 4.78 is 10.7. The number of carbonyl (C=O) groups is 2. The van der Waals surface area contributed by atoms with Gasteiger partial charge in [0.15, 0.2) is 0 Å². The Labute approximate surface area is 142 Å². The molecule has 2 rings (SSSR count). The highest BCUT2D eigenvalue weighted by Gasteiger charge is 2.20. The van der Waals surface area contributed by atoms with Crippen LogP contribution in [0.15, 0.2) is 53.0 Å². The van der Waals surface area contributed by atoms with Crippen LogP contribution in [0.4, 0.5) is 10.5 Å². The van der Waals surface area contributed by atoms with E-state index in [1.165, 1.54) is 12.0 Å². The lowest BCUT2D eigenvalue weighted by atomic mass is 10.1. The van der Waals surface area contributed by atoms with Gasteiger partial charge in [-0.1, -0.05) is 46.3 Å². The van der Waals surface area contributed by atoms with E-state index in [1.54, 1.807) is 25.2 Å². The van der Waals surface area contributed by atoms with Crippen LogP contribution in [0.25, 0.3) is 0 Å². The number of carbonyl (C=O) groups excluding carboxylic acids is 2. The van der Waals surface area contributed by atoms with Gasteiger partial charge < -0.3 is 9.47 Å². The SMILES string of the molecule is COC(=O)c1cc(Br)ccc1N(C)C(=O)OCc1ccccc1. The zero-order valence-corrected chi connectivity index (χ0v) is 14.4. The fraction of sp³-hybridized carbons (Fsp3) is 0.176. The lowest BCUT2D eigenvalue weighted by Crippen LogP contribution is -2.28. The Hall–Kier alpha value is -2.34. The van der Waals surface area contributed by atoms with E-state index in [1.807, 2.05) is 30.3 Å². The average Bonchev–Trinajstić information content (AvgIpc) is 2.59. The van der Waals surface area contributed by atoms with Crippen molar-refractivity contribution in [3.05, 3.63) is 64.1 Å². The minimum atomic E-state index is -0.554. The molecule has 2 aromatic rings. The number of nitrogens with zero attached hydrogens (tertiary/aromatic N) is 1. The maximum Gasteiger partial charge on any atom is 0.414 e. The maximum absolute atomic E-state index is 12.2. The van der Waals surface area contributed by atoms with Crippen molar-refractivity contribution in [3.63, 3.8) is 0 Å². The maximum atomic E-state index is 12.2. The van der Waals surface area contributed by atoms with E-state index in [2.05, 4.69) is 15.9 Å². The summed E-state index contributed by atoms with van der Waals surface area (Å²) in [6.45, 7) is 0.161. The fourth-order valence-corrected chi connectivity index (χ4v) is 2.35. The molecule has 0 saturated carbocycles. The van der Waals surface area contributed by atoms with Gasteiger partial charge >= 0.3 is 12.1 Å². The number of rotatable bonds is 4. The van der Waals surface area contributed by atoms with Crippen LogP contribution in [0, 0.1) is 0 Å². The molecule has 0 aliphatic heterocycles. The lowest BCUT2D eigenvalue weighted by molar-refractivity contribution is 0.0601. The third-order valence-electron chi connectivity index (χ3n) is 3.20. The van der Waals surface area contributed by atoms with Crippen LogP contribution >= 0.6 is 15.9 Å². The van der Waals surface area contributed by atoms with E-state index in [0.29, 0.717) is 10.2 Å². The van der Waals surface area contributed by atoms with Crippen molar-refractivity contribution < 1.29 is 19.1 Å². The molecule has 0 bridgehead atoms. The van der Waals surface area contributed by atoms with Crippen LogP contribution in [-0.2, 0) is 16.1 Å². The highest BCUT2D eigenvalue weighted by atomic mass is 79.9. The van der Waals surface area contributed by atoms with E-state index < -0.39 is 12.1 Å². The molecule has 0 aliphatic rings. The van der Waals surface area contributed by atoms with Gasteiger partial charge in [0.25, 0.3) is 0 Å². The van der Waals surface area contributed by atoms with E-state index in [4.69, 9.17) is 9.47 Å². The monoisotopic (exact) mass is 377 g/mol. The number of hydrogen-bond donors (Lipinski definition) is 0. The summed E-state index contributed by atoms with van der Waals surface area (Å²) in [5.74, 6) is -0.524. The fourth-order valence-electron chi connectivity index (χ4n) is 1.99. The summed E-state index contributed by atoms with van der Waals surface area (Å²) in [6.07, 6.45) is -0.554. The van der Waals surface area contributed by atoms with Crippen LogP contribution < -0.4 is 4.90 Å². The second-order valence-corrected chi connectivity index (χ2v) is 5.67. The molecule has 0 aromatic heterocycles. The van der Waals surface area contributed by atoms with Gasteiger partial charge in [-0.2, -0.15) is 0 Å². The Morgan fingerprint density at radius 2 is 1.83 bits per heavy atom. The third kappa shape index (κ3) is 4.32. The van der Waals surface area contributed by atoms with Gasteiger partial charge in [0.05, 0.1) is 18.4 Å². The summed E-state index contributed by atoms with van der Waals surface area (Å²) in [4.78, 5) is 25.4. The number of amides is 1. The van der Waals surface area contributed by atoms with Gasteiger partial charge in [0, 0.05) is 11.5 Å². The van der Waals surface area contributed by atoms with Gasteiger partial charge in [0.2, 0.25) is 0 Å². The summed E-state index contributed by atoms with van der Waals surface area (Å²) in [5, 5.41) is 0. The predicted octanol–water partition coefficient (Wildman–Crippen LogP) is 4.01. The van der Waals surface area contributed by atoms with E-state index in [-0.39, 0.29) is 12.2 Å². The Kier molecular flexibility index (Phi) is 5.76. The normalized spacial score (nSPS) is 10.0. The first-order valence-electron chi connectivity index (χ1n) is 6.85. The highest BCUT2D eigenvalue weighted by molar-refractivity contribution is 9.10. The van der Waals surface area contributed by atoms with Crippen molar-refractivity contribution in [2.45, 2.75) is 6.61 Å². The van der Waals surface area contributed by atoms with Crippen LogP contribution in [-0.4, -0.2) is 26.2 Å². The summed E-state index contributed by atoms with van der Waals surface area (Å²) in [6, 6.07) is 14.4. The van der Waals surface area contributed by atoms with Crippen molar-refractivity contribution >= 4 is 33.7 Å². The van der Waals surface area contributed by atoms with Crippen molar-refractivity contribution in [2.24, 2.45) is 0 Å². The number of anilines is 1. The first-order chi connectivity index (χ1) is 11.0. The van der Waals surface area contributed by atoms with Gasteiger partial charge in [-0.25, -0.2) is 9.59 Å². The molecule has 23 heavy (non-hydrogen) atoms. The summed E-state index contributed by atoms with van der Waals surface area (Å²) >= 11 is 3.30. The molecular formula is C17H16BrNO4. The molecule has 0 atom stereocenters. The van der Waals surface area contributed by atoms with E-state index in [0.717, 1.165) is 5.56 Å². The van der Waals surface area contributed by atoms with Crippen LogP contribution in [0.2, 0.25) is 0 Å². The van der Waals surface area contributed by atoms with E-state index >= 15 is 0 Å². The quantitative estimate of drug-likeness (QED) is 0.755. The minimum Gasteiger partial charge on any atom is -0.465 e. The number of benzene rings is 2. The molecule has 0 saturated heterocycles. The van der Waals surface area contributed by atoms with Crippen molar-refractivity contribution in [1.82, 2.24) is 0 Å². The van der Waals surface area contributed by atoms with Crippen molar-refractivity contribution in [3.8, 4) is 0 Å². The van der Waals surface area contributed by atoms with Crippen LogP contribution in [0.1, 0.15) is 15.9 Å². The van der Waals surface area contributed by atoms with Gasteiger partial charge in [-0.3, -0.25) is 4.90 Å². The molecule has 0 heterocycles. The van der Waals surface area contributed by atoms with Gasteiger partial charge in [-0.15, -0.1) is 0 Å². The Bertz CT molecular complexity index is 703. The zero-order chi connectivity index (χ0) is 16.8. The molecule has 0 unspecified atom stereocenters. The Morgan fingerprint density at radius 1 is 1.13 bits per heavy atom. The predicted molar refractivity (Wildman–Crippen MR) is 90.5 cm³/mol. The highest BCUT2D eigenvalue weighted by Crippen LogP contribution is 2.25. The number of esters is 1. The molecule has 1 amide bonds. The minimum absolute atomic E-state index is 0.161. The number of hydrogen-bond acceptors (Lipinski definition) is 4. The van der Waals surface area contributed by atoms with Crippen molar-refractivity contribution in [2.75, 3.05) is 19.1 Å². The number of methoxy groups -OCH3 is 1. The molecule has 0 aliphatic carbocycles. The first-order valence-corrected chi connectivity index (χ1v) is 7.64. The average molecular weight is 378 g/mol.